The molecule has 6 rings (SSSR count). The van der Waals surface area contributed by atoms with Crippen LogP contribution in [0.3, 0.4) is 0 Å². The van der Waals surface area contributed by atoms with E-state index in [1.807, 2.05) is 36.8 Å². The largest absolute Gasteiger partial charge is 0.371 e. The Balaban J connectivity index is 1.42. The second kappa shape index (κ2) is 6.65. The van der Waals surface area contributed by atoms with Gasteiger partial charge in [0.1, 0.15) is 16.9 Å². The average molecular weight is 432 g/mol. The van der Waals surface area contributed by atoms with Gasteiger partial charge in [0.15, 0.2) is 11.5 Å². The van der Waals surface area contributed by atoms with Crippen molar-refractivity contribution >= 4 is 28.4 Å². The molecule has 0 amide bonds. The Labute approximate surface area is 186 Å². The molecule has 3 N–H and O–H groups in total. The third-order valence-corrected chi connectivity index (χ3v) is 7.26. The number of piperidine rings is 1. The maximum absolute atomic E-state index is 4.99. The Morgan fingerprint density at radius 1 is 1.19 bits per heavy atom. The first-order chi connectivity index (χ1) is 15.4. The zero-order chi connectivity index (χ0) is 22.2. The van der Waals surface area contributed by atoms with Crippen molar-refractivity contribution in [3.05, 3.63) is 30.2 Å². The number of fused-ring (bicyclic) bond motifs is 3. The summed E-state index contributed by atoms with van der Waals surface area (Å²) in [6, 6.07) is 6.84. The van der Waals surface area contributed by atoms with Gasteiger partial charge in [-0.25, -0.2) is 14.5 Å². The first-order valence-corrected chi connectivity index (χ1v) is 11.3. The second-order valence-corrected chi connectivity index (χ2v) is 9.58. The monoisotopic (exact) mass is 431 g/mol. The van der Waals surface area contributed by atoms with Crippen LogP contribution in [0.15, 0.2) is 24.4 Å². The molecule has 4 aromatic heterocycles. The van der Waals surface area contributed by atoms with Crippen molar-refractivity contribution in [2.45, 2.75) is 39.8 Å². The number of nitrogens with zero attached hydrogens (tertiary/aromatic N) is 6. The van der Waals surface area contributed by atoms with Gasteiger partial charge >= 0.3 is 0 Å². The highest BCUT2D eigenvalue weighted by atomic mass is 15.3. The summed E-state index contributed by atoms with van der Waals surface area (Å²) < 4.78 is 4.07. The Morgan fingerprint density at radius 3 is 2.75 bits per heavy atom. The first kappa shape index (κ1) is 19.5. The normalized spacial score (nSPS) is 24.4. The number of pyridine rings is 1. The standard InChI is InChI=1S/C23H29N9/c1-12(2)32-13(3)26-17-7-6-16(27-21(17)32)14-8-9-31-18(14)20(24-5)29-22(30-31)28-19-15-10-25-11-23(15,19)4/h6-9,12,15,19,25H,10-11H2,1-5H3,(H2,24,28,29,30)/t15-,19+,23-/m1/s1. The van der Waals surface area contributed by atoms with E-state index in [0.29, 0.717) is 23.3 Å². The molecule has 1 saturated carbocycles. The molecule has 0 spiro atoms. The van der Waals surface area contributed by atoms with Gasteiger partial charge < -0.3 is 20.5 Å². The van der Waals surface area contributed by atoms with Crippen molar-refractivity contribution in [1.82, 2.24) is 34.4 Å². The molecule has 0 bridgehead atoms. The van der Waals surface area contributed by atoms with Gasteiger partial charge in [0.25, 0.3) is 0 Å². The second-order valence-electron chi connectivity index (χ2n) is 9.58. The molecule has 0 radical (unpaired) electrons. The van der Waals surface area contributed by atoms with E-state index >= 15 is 0 Å². The lowest BCUT2D eigenvalue weighted by molar-refractivity contribution is 0.556. The van der Waals surface area contributed by atoms with Crippen LogP contribution in [0.4, 0.5) is 11.8 Å². The summed E-state index contributed by atoms with van der Waals surface area (Å²) >= 11 is 0. The van der Waals surface area contributed by atoms with Crippen LogP contribution in [-0.2, 0) is 0 Å². The Hall–Kier alpha value is -3.20. The zero-order valence-electron chi connectivity index (χ0n) is 19.1. The molecule has 9 nitrogen and oxygen atoms in total. The molecule has 32 heavy (non-hydrogen) atoms. The fraction of sp³-hybridized carbons (Fsp3) is 0.478. The van der Waals surface area contributed by atoms with Gasteiger partial charge in [-0.15, -0.1) is 5.10 Å². The van der Waals surface area contributed by atoms with Gasteiger partial charge in [-0.3, -0.25) is 0 Å². The van der Waals surface area contributed by atoms with E-state index in [0.717, 1.165) is 52.7 Å². The van der Waals surface area contributed by atoms with Gasteiger partial charge in [0.05, 0.1) is 5.69 Å². The van der Waals surface area contributed by atoms with Gasteiger partial charge in [-0.05, 0) is 39.0 Å². The molecule has 4 aromatic rings. The lowest BCUT2D eigenvalue weighted by Crippen LogP contribution is -2.26. The van der Waals surface area contributed by atoms with Crippen LogP contribution in [0, 0.1) is 18.3 Å². The summed E-state index contributed by atoms with van der Waals surface area (Å²) in [5, 5.41) is 15.1. The highest BCUT2D eigenvalue weighted by molar-refractivity contribution is 5.89. The molecule has 2 fully saturated rings. The van der Waals surface area contributed by atoms with Crippen LogP contribution in [0.25, 0.3) is 27.9 Å². The molecule has 0 unspecified atom stereocenters. The number of aromatic nitrogens is 6. The minimum Gasteiger partial charge on any atom is -0.371 e. The van der Waals surface area contributed by atoms with E-state index in [1.165, 1.54) is 0 Å². The molecular weight excluding hydrogens is 402 g/mol. The number of hydrogen-bond donors (Lipinski definition) is 3. The summed E-state index contributed by atoms with van der Waals surface area (Å²) in [5.74, 6) is 3.06. The van der Waals surface area contributed by atoms with Crippen LogP contribution in [-0.4, -0.2) is 55.3 Å². The van der Waals surface area contributed by atoms with E-state index in [-0.39, 0.29) is 6.04 Å². The summed E-state index contributed by atoms with van der Waals surface area (Å²) in [7, 11) is 1.90. The summed E-state index contributed by atoms with van der Waals surface area (Å²) in [6.45, 7) is 10.8. The highest BCUT2D eigenvalue weighted by Crippen LogP contribution is 2.55. The molecule has 1 aliphatic carbocycles. The Morgan fingerprint density at radius 2 is 2.03 bits per heavy atom. The maximum atomic E-state index is 4.99. The maximum Gasteiger partial charge on any atom is 0.243 e. The molecule has 9 heteroatoms. The Bertz CT molecular complexity index is 1350. The molecule has 3 atom stereocenters. The third-order valence-electron chi connectivity index (χ3n) is 7.26. The highest BCUT2D eigenvalue weighted by Gasteiger charge is 2.64. The third kappa shape index (κ3) is 2.67. The van der Waals surface area contributed by atoms with Crippen LogP contribution in [0.1, 0.15) is 32.6 Å². The molecule has 5 heterocycles. The smallest absolute Gasteiger partial charge is 0.243 e. The van der Waals surface area contributed by atoms with Crippen molar-refractivity contribution in [1.29, 1.82) is 0 Å². The fourth-order valence-electron chi connectivity index (χ4n) is 5.48. The molecule has 2 aliphatic rings. The van der Waals surface area contributed by atoms with Crippen molar-refractivity contribution in [2.24, 2.45) is 11.3 Å². The number of imidazole rings is 1. The zero-order valence-corrected chi connectivity index (χ0v) is 19.1. The molecule has 0 aromatic carbocycles. The van der Waals surface area contributed by atoms with Crippen LogP contribution < -0.4 is 16.0 Å². The van der Waals surface area contributed by atoms with Gasteiger partial charge in [-0.1, -0.05) is 6.92 Å². The van der Waals surface area contributed by atoms with Crippen LogP contribution in [0.2, 0.25) is 0 Å². The number of anilines is 2. The van der Waals surface area contributed by atoms with Crippen LogP contribution in [0.5, 0.6) is 0 Å². The van der Waals surface area contributed by atoms with Gasteiger partial charge in [0.2, 0.25) is 5.95 Å². The van der Waals surface area contributed by atoms with E-state index in [2.05, 4.69) is 52.3 Å². The molecular formula is C23H29N9. The summed E-state index contributed by atoms with van der Waals surface area (Å²) in [6.07, 6.45) is 1.98. The van der Waals surface area contributed by atoms with Gasteiger partial charge in [-0.2, -0.15) is 4.98 Å². The number of nitrogens with one attached hydrogen (secondary N) is 3. The predicted octanol–water partition coefficient (Wildman–Crippen LogP) is 3.09. The minimum atomic E-state index is 0.289. The predicted molar refractivity (Wildman–Crippen MR) is 126 cm³/mol. The minimum absolute atomic E-state index is 0.289. The van der Waals surface area contributed by atoms with E-state index in [4.69, 9.17) is 15.1 Å². The van der Waals surface area contributed by atoms with Crippen molar-refractivity contribution in [3.8, 4) is 11.3 Å². The molecule has 166 valence electrons. The van der Waals surface area contributed by atoms with Crippen molar-refractivity contribution in [3.63, 3.8) is 0 Å². The van der Waals surface area contributed by atoms with Crippen LogP contribution >= 0.6 is 0 Å². The average Bonchev–Trinajstić information content (AvgIpc) is 3.20. The summed E-state index contributed by atoms with van der Waals surface area (Å²) in [4.78, 5) is 14.5. The summed E-state index contributed by atoms with van der Waals surface area (Å²) in [5.41, 5.74) is 4.92. The van der Waals surface area contributed by atoms with E-state index in [9.17, 15) is 0 Å². The fourth-order valence-corrected chi connectivity index (χ4v) is 5.48. The molecule has 1 saturated heterocycles. The number of hydrogen-bond acceptors (Lipinski definition) is 7. The van der Waals surface area contributed by atoms with E-state index in [1.54, 1.807) is 0 Å². The number of rotatable bonds is 5. The van der Waals surface area contributed by atoms with Crippen molar-refractivity contribution in [2.75, 3.05) is 30.8 Å². The lowest BCUT2D eigenvalue weighted by atomic mass is 10.1. The van der Waals surface area contributed by atoms with Crippen molar-refractivity contribution < 1.29 is 0 Å². The SMILES string of the molecule is CNc1nc(N[C@H]2[C@H]3CNC[C@]32C)nn2ccc(-c3ccc4nc(C)n(C(C)C)c4n3)c12. The number of aryl methyl sites for hydroxylation is 1. The molecule has 1 aliphatic heterocycles. The quantitative estimate of drug-likeness (QED) is 0.447. The topological polar surface area (TPSA) is 97.0 Å². The van der Waals surface area contributed by atoms with E-state index < -0.39 is 0 Å². The van der Waals surface area contributed by atoms with Gasteiger partial charge in [0, 0.05) is 55.3 Å². The Kier molecular flexibility index (Phi) is 4.05. The lowest BCUT2D eigenvalue weighted by Gasteiger charge is -2.13. The first-order valence-electron chi connectivity index (χ1n) is 11.3.